The molecule has 0 bridgehead atoms. The average Bonchev–Trinajstić information content (AvgIpc) is 2.57. The largest absolute Gasteiger partial charge is 0.396 e. The molecule has 1 unspecified atom stereocenters. The van der Waals surface area contributed by atoms with Crippen LogP contribution in [0.25, 0.3) is 0 Å². The Morgan fingerprint density at radius 3 is 2.65 bits per heavy atom. The van der Waals surface area contributed by atoms with Crippen LogP contribution < -0.4 is 5.32 Å². The number of nitrogens with one attached hydrogen (secondary N) is 1. The molecule has 0 radical (unpaired) electrons. The number of amides is 1. The molecule has 0 aromatic heterocycles. The van der Waals surface area contributed by atoms with Crippen molar-refractivity contribution < 1.29 is 14.3 Å². The van der Waals surface area contributed by atoms with Crippen molar-refractivity contribution in [1.29, 1.82) is 0 Å². The first-order chi connectivity index (χ1) is 10.9. The lowest BCUT2D eigenvalue weighted by molar-refractivity contribution is -0.121. The van der Waals surface area contributed by atoms with Crippen LogP contribution in [0, 0.1) is 18.2 Å². The second kappa shape index (κ2) is 7.41. The minimum Gasteiger partial charge on any atom is -0.396 e. The van der Waals surface area contributed by atoms with Crippen LogP contribution in [0.3, 0.4) is 0 Å². The van der Waals surface area contributed by atoms with Crippen LogP contribution >= 0.6 is 0 Å². The fourth-order valence-corrected chi connectivity index (χ4v) is 3.14. The summed E-state index contributed by atoms with van der Waals surface area (Å²) in [6.45, 7) is 7.63. The topological polar surface area (TPSA) is 52.6 Å². The summed E-state index contributed by atoms with van der Waals surface area (Å²) in [4.78, 5) is 14.6. The van der Waals surface area contributed by atoms with Gasteiger partial charge in [0.1, 0.15) is 5.82 Å². The van der Waals surface area contributed by atoms with E-state index in [9.17, 15) is 14.3 Å². The van der Waals surface area contributed by atoms with Crippen molar-refractivity contribution in [3.63, 3.8) is 0 Å². The molecule has 0 saturated carbocycles. The van der Waals surface area contributed by atoms with Crippen LogP contribution in [-0.2, 0) is 4.79 Å². The van der Waals surface area contributed by atoms with Crippen LogP contribution in [0.2, 0.25) is 0 Å². The number of hydrogen-bond acceptors (Lipinski definition) is 3. The van der Waals surface area contributed by atoms with E-state index >= 15 is 0 Å². The third-order valence-corrected chi connectivity index (χ3v) is 5.33. The van der Waals surface area contributed by atoms with Gasteiger partial charge in [-0.2, -0.15) is 0 Å². The summed E-state index contributed by atoms with van der Waals surface area (Å²) in [6, 6.07) is 4.13. The summed E-state index contributed by atoms with van der Waals surface area (Å²) in [5, 5.41) is 12.4. The Morgan fingerprint density at radius 1 is 1.43 bits per heavy atom. The SMILES string of the molecule is CCC1(CO)CCN(C(C)C(=O)Nc2cc(F)ccc2C)CC1. The molecule has 2 N–H and O–H groups in total. The third kappa shape index (κ3) is 4.09. The standard InChI is InChI=1S/C18H27FN2O2/c1-4-18(12-22)7-9-21(10-8-18)14(3)17(23)20-16-11-15(19)6-5-13(16)2/h5-6,11,14,22H,4,7-10,12H2,1-3H3,(H,20,23). The number of piperidine rings is 1. The highest BCUT2D eigenvalue weighted by Crippen LogP contribution is 2.34. The van der Waals surface area contributed by atoms with Gasteiger partial charge in [-0.15, -0.1) is 0 Å². The number of likely N-dealkylation sites (tertiary alicyclic amines) is 1. The monoisotopic (exact) mass is 322 g/mol. The minimum atomic E-state index is -0.354. The molecule has 1 aromatic carbocycles. The summed E-state index contributed by atoms with van der Waals surface area (Å²) >= 11 is 0. The number of carbonyl (C=O) groups excluding carboxylic acids is 1. The van der Waals surface area contributed by atoms with Crippen molar-refractivity contribution in [3.8, 4) is 0 Å². The average molecular weight is 322 g/mol. The van der Waals surface area contributed by atoms with Crippen molar-refractivity contribution in [3.05, 3.63) is 29.6 Å². The first-order valence-corrected chi connectivity index (χ1v) is 8.33. The second-order valence-electron chi connectivity index (χ2n) is 6.67. The van der Waals surface area contributed by atoms with E-state index in [2.05, 4.69) is 17.1 Å². The Hall–Kier alpha value is -1.46. The van der Waals surface area contributed by atoms with Gasteiger partial charge in [-0.1, -0.05) is 13.0 Å². The lowest BCUT2D eigenvalue weighted by Gasteiger charge is -2.42. The number of nitrogens with zero attached hydrogens (tertiary/aromatic N) is 1. The summed E-state index contributed by atoms with van der Waals surface area (Å²) in [5.74, 6) is -0.473. The van der Waals surface area contributed by atoms with Gasteiger partial charge in [0.15, 0.2) is 0 Å². The molecular formula is C18H27FN2O2. The van der Waals surface area contributed by atoms with Gasteiger partial charge in [0.05, 0.1) is 6.04 Å². The van der Waals surface area contributed by atoms with Crippen molar-refractivity contribution in [1.82, 2.24) is 4.90 Å². The zero-order chi connectivity index (χ0) is 17.0. The summed E-state index contributed by atoms with van der Waals surface area (Å²) in [6.07, 6.45) is 2.76. The molecule has 128 valence electrons. The predicted molar refractivity (Wildman–Crippen MR) is 89.8 cm³/mol. The fourth-order valence-electron chi connectivity index (χ4n) is 3.14. The maximum absolute atomic E-state index is 13.3. The highest BCUT2D eigenvalue weighted by atomic mass is 19.1. The summed E-state index contributed by atoms with van der Waals surface area (Å²) in [7, 11) is 0. The van der Waals surface area contributed by atoms with E-state index < -0.39 is 0 Å². The van der Waals surface area contributed by atoms with E-state index in [1.165, 1.54) is 12.1 Å². The molecule has 1 aliphatic heterocycles. The van der Waals surface area contributed by atoms with Crippen molar-refractivity contribution in [2.45, 2.75) is 46.1 Å². The van der Waals surface area contributed by atoms with Crippen LogP contribution in [-0.4, -0.2) is 41.7 Å². The normalized spacial score (nSPS) is 19.3. The molecule has 1 heterocycles. The number of rotatable bonds is 5. The second-order valence-corrected chi connectivity index (χ2v) is 6.67. The Morgan fingerprint density at radius 2 is 2.09 bits per heavy atom. The van der Waals surface area contributed by atoms with E-state index in [-0.39, 0.29) is 29.8 Å². The molecule has 1 amide bonds. The third-order valence-electron chi connectivity index (χ3n) is 5.33. The molecule has 0 aliphatic carbocycles. The predicted octanol–water partition coefficient (Wildman–Crippen LogP) is 2.95. The minimum absolute atomic E-state index is 0.00580. The zero-order valence-corrected chi connectivity index (χ0v) is 14.2. The number of halogens is 1. The van der Waals surface area contributed by atoms with Gasteiger partial charge in [0.25, 0.3) is 0 Å². The van der Waals surface area contributed by atoms with Crippen LogP contribution in [0.5, 0.6) is 0 Å². The number of aliphatic hydroxyl groups is 1. The van der Waals surface area contributed by atoms with Crippen molar-refractivity contribution in [2.24, 2.45) is 5.41 Å². The number of carbonyl (C=O) groups is 1. The van der Waals surface area contributed by atoms with Gasteiger partial charge in [0.2, 0.25) is 5.91 Å². The van der Waals surface area contributed by atoms with Gasteiger partial charge in [-0.05, 0) is 69.3 Å². The molecule has 4 nitrogen and oxygen atoms in total. The van der Waals surface area contributed by atoms with Crippen LogP contribution in [0.1, 0.15) is 38.7 Å². The molecule has 1 saturated heterocycles. The first-order valence-electron chi connectivity index (χ1n) is 8.33. The molecular weight excluding hydrogens is 295 g/mol. The number of aliphatic hydroxyl groups excluding tert-OH is 1. The number of anilines is 1. The van der Waals surface area contributed by atoms with Crippen molar-refractivity contribution >= 4 is 11.6 Å². The Kier molecular flexibility index (Phi) is 5.76. The number of hydrogen-bond donors (Lipinski definition) is 2. The van der Waals surface area contributed by atoms with Gasteiger partial charge >= 0.3 is 0 Å². The number of benzene rings is 1. The Bertz CT molecular complexity index is 548. The zero-order valence-electron chi connectivity index (χ0n) is 14.2. The molecule has 1 fully saturated rings. The first kappa shape index (κ1) is 17.9. The van der Waals surface area contributed by atoms with Gasteiger partial charge in [-0.25, -0.2) is 4.39 Å². The molecule has 5 heteroatoms. The van der Waals surface area contributed by atoms with Crippen molar-refractivity contribution in [2.75, 3.05) is 25.0 Å². The van der Waals surface area contributed by atoms with E-state index in [0.717, 1.165) is 37.9 Å². The lowest BCUT2D eigenvalue weighted by Crippen LogP contribution is -2.49. The molecule has 23 heavy (non-hydrogen) atoms. The highest BCUT2D eigenvalue weighted by molar-refractivity contribution is 5.95. The molecule has 0 spiro atoms. The highest BCUT2D eigenvalue weighted by Gasteiger charge is 2.35. The van der Waals surface area contributed by atoms with Crippen LogP contribution in [0.4, 0.5) is 10.1 Å². The maximum Gasteiger partial charge on any atom is 0.241 e. The molecule has 2 rings (SSSR count). The maximum atomic E-state index is 13.3. The van der Waals surface area contributed by atoms with Gasteiger partial charge < -0.3 is 10.4 Å². The van der Waals surface area contributed by atoms with E-state index in [4.69, 9.17) is 0 Å². The quantitative estimate of drug-likeness (QED) is 0.876. The van der Waals surface area contributed by atoms with Gasteiger partial charge in [0, 0.05) is 12.3 Å². The Balaban J connectivity index is 1.97. The smallest absolute Gasteiger partial charge is 0.241 e. The van der Waals surface area contributed by atoms with E-state index in [1.54, 1.807) is 6.07 Å². The van der Waals surface area contributed by atoms with Gasteiger partial charge in [-0.3, -0.25) is 9.69 Å². The van der Waals surface area contributed by atoms with Crippen LogP contribution in [0.15, 0.2) is 18.2 Å². The molecule has 1 aromatic rings. The molecule has 1 aliphatic rings. The Labute approximate surface area is 137 Å². The summed E-state index contributed by atoms with van der Waals surface area (Å²) < 4.78 is 13.3. The molecule has 1 atom stereocenters. The fraction of sp³-hybridized carbons (Fsp3) is 0.611. The lowest BCUT2D eigenvalue weighted by atomic mass is 9.76. The number of aryl methyl sites for hydroxylation is 1. The summed E-state index contributed by atoms with van der Waals surface area (Å²) in [5.41, 5.74) is 1.37. The van der Waals surface area contributed by atoms with E-state index in [0.29, 0.717) is 5.69 Å². The van der Waals surface area contributed by atoms with E-state index in [1.807, 2.05) is 13.8 Å².